The predicted octanol–water partition coefficient (Wildman–Crippen LogP) is 5.11. The molecule has 1 aromatic heterocycles. The molecule has 2 heterocycles. The van der Waals surface area contributed by atoms with Gasteiger partial charge < -0.3 is 30.8 Å². The van der Waals surface area contributed by atoms with Crippen LogP contribution in [0.15, 0.2) is 54.1 Å². The lowest BCUT2D eigenvalue weighted by atomic mass is 9.95. The average Bonchev–Trinajstić information content (AvgIpc) is 3.66. The van der Waals surface area contributed by atoms with Gasteiger partial charge in [0.25, 0.3) is 11.8 Å². The summed E-state index contributed by atoms with van der Waals surface area (Å²) in [4.78, 5) is 44.1. The highest BCUT2D eigenvalue weighted by Crippen LogP contribution is 2.47. The van der Waals surface area contributed by atoms with Gasteiger partial charge >= 0.3 is 5.97 Å². The van der Waals surface area contributed by atoms with Gasteiger partial charge in [0, 0.05) is 64.4 Å². The Labute approximate surface area is 240 Å². The van der Waals surface area contributed by atoms with Crippen LogP contribution in [0.2, 0.25) is 0 Å². The van der Waals surface area contributed by atoms with Crippen LogP contribution >= 0.6 is 11.6 Å². The van der Waals surface area contributed by atoms with E-state index in [2.05, 4.69) is 10.3 Å². The first-order valence-electron chi connectivity index (χ1n) is 13.0. The number of hydrogen-bond acceptors (Lipinski definition) is 6. The molecule has 6 rings (SSSR count). The fourth-order valence-corrected chi connectivity index (χ4v) is 6.02. The fourth-order valence-electron chi connectivity index (χ4n) is 5.77. The first kappa shape index (κ1) is 26.5. The summed E-state index contributed by atoms with van der Waals surface area (Å²) in [5.74, 6) is -1.16. The van der Waals surface area contributed by atoms with Crippen LogP contribution in [-0.4, -0.2) is 47.4 Å². The van der Waals surface area contributed by atoms with Gasteiger partial charge in [-0.3, -0.25) is 9.59 Å². The topological polar surface area (TPSA) is 138 Å². The van der Waals surface area contributed by atoms with Gasteiger partial charge in [-0.1, -0.05) is 6.07 Å². The molecule has 0 fully saturated rings. The number of halogens is 1. The standard InChI is InChI=1S/C31H27ClN4O5/c1-15-25(31(40)41-2)27-26-20(13-32)14-36(23(26)12-24(37)28(27)34-15)30(39)19-9-16-3-4-17(10-18(16)11-19)29(38)35-22-7-5-21(33)6-8-22/h3-8,10-12,20,34,37H,9,13-14,33H2,1-2H3,(H,35,38). The molecular weight excluding hydrogens is 544 g/mol. The number of carbonyl (C=O) groups is 3. The second kappa shape index (κ2) is 10.0. The molecule has 4 aromatic rings. The zero-order chi connectivity index (χ0) is 29.0. The van der Waals surface area contributed by atoms with Crippen molar-refractivity contribution in [2.75, 3.05) is 35.5 Å². The maximum atomic E-state index is 13.9. The van der Waals surface area contributed by atoms with Gasteiger partial charge in [-0.2, -0.15) is 0 Å². The summed E-state index contributed by atoms with van der Waals surface area (Å²) in [5, 5.41) is 14.3. The first-order chi connectivity index (χ1) is 19.7. The molecule has 9 nitrogen and oxygen atoms in total. The molecule has 0 saturated carbocycles. The van der Waals surface area contributed by atoms with E-state index in [0.29, 0.717) is 63.3 Å². The van der Waals surface area contributed by atoms with Crippen LogP contribution in [0.3, 0.4) is 0 Å². The summed E-state index contributed by atoms with van der Waals surface area (Å²) < 4.78 is 5.01. The summed E-state index contributed by atoms with van der Waals surface area (Å²) in [5.41, 5.74) is 12.2. The third kappa shape index (κ3) is 4.38. The number of hydrogen-bond donors (Lipinski definition) is 4. The molecular formula is C31H27ClN4O5. The molecule has 1 aliphatic carbocycles. The minimum absolute atomic E-state index is 0.0783. The highest BCUT2D eigenvalue weighted by molar-refractivity contribution is 6.20. The molecule has 1 aliphatic heterocycles. The van der Waals surface area contributed by atoms with Crippen molar-refractivity contribution in [1.29, 1.82) is 0 Å². The van der Waals surface area contributed by atoms with Gasteiger partial charge in [-0.25, -0.2) is 4.79 Å². The van der Waals surface area contributed by atoms with E-state index in [-0.39, 0.29) is 29.4 Å². The molecule has 1 unspecified atom stereocenters. The third-order valence-electron chi connectivity index (χ3n) is 7.75. The fraction of sp³-hybridized carbons (Fsp3) is 0.194. The van der Waals surface area contributed by atoms with Crippen molar-refractivity contribution in [3.05, 3.63) is 87.6 Å². The maximum absolute atomic E-state index is 13.9. The van der Waals surface area contributed by atoms with E-state index in [1.54, 1.807) is 60.4 Å². The van der Waals surface area contributed by atoms with Crippen LogP contribution in [0, 0.1) is 6.92 Å². The Hall–Kier alpha value is -4.76. The van der Waals surface area contributed by atoms with Gasteiger partial charge in [0.05, 0.1) is 23.9 Å². The monoisotopic (exact) mass is 570 g/mol. The number of aromatic hydroxyl groups is 1. The van der Waals surface area contributed by atoms with Gasteiger partial charge in [-0.15, -0.1) is 11.6 Å². The number of ether oxygens (including phenoxy) is 1. The minimum Gasteiger partial charge on any atom is -0.506 e. The summed E-state index contributed by atoms with van der Waals surface area (Å²) in [6.45, 7) is 2.03. The second-order valence-electron chi connectivity index (χ2n) is 10.3. The van der Waals surface area contributed by atoms with Gasteiger partial charge in [0.2, 0.25) is 0 Å². The van der Waals surface area contributed by atoms with Gasteiger partial charge in [0.1, 0.15) is 5.75 Å². The molecule has 3 aromatic carbocycles. The number of aromatic nitrogens is 1. The smallest absolute Gasteiger partial charge is 0.340 e. The molecule has 0 saturated heterocycles. The van der Waals surface area contributed by atoms with Crippen molar-refractivity contribution in [3.63, 3.8) is 0 Å². The number of H-pyrrole nitrogens is 1. The predicted molar refractivity (Wildman–Crippen MR) is 159 cm³/mol. The number of aromatic amines is 1. The van der Waals surface area contributed by atoms with Crippen molar-refractivity contribution in [2.24, 2.45) is 0 Å². The largest absolute Gasteiger partial charge is 0.506 e. The number of benzene rings is 3. The van der Waals surface area contributed by atoms with E-state index < -0.39 is 5.97 Å². The molecule has 2 aliphatic rings. The lowest BCUT2D eigenvalue weighted by molar-refractivity contribution is -0.115. The van der Waals surface area contributed by atoms with E-state index in [4.69, 9.17) is 22.1 Å². The number of methoxy groups -OCH3 is 1. The number of amides is 2. The molecule has 0 bridgehead atoms. The van der Waals surface area contributed by atoms with E-state index in [1.165, 1.54) is 7.11 Å². The van der Waals surface area contributed by atoms with Crippen LogP contribution in [0.4, 0.5) is 17.1 Å². The Morgan fingerprint density at radius 3 is 2.63 bits per heavy atom. The normalized spacial score (nSPS) is 15.4. The summed E-state index contributed by atoms with van der Waals surface area (Å²) in [7, 11) is 1.30. The molecule has 2 amide bonds. The molecule has 0 radical (unpaired) electrons. The van der Waals surface area contributed by atoms with Crippen molar-refractivity contribution >= 4 is 63.4 Å². The van der Waals surface area contributed by atoms with Crippen LogP contribution in [0.25, 0.3) is 17.0 Å². The highest BCUT2D eigenvalue weighted by atomic mass is 35.5. The first-order valence-corrected chi connectivity index (χ1v) is 13.6. The Kier molecular flexibility index (Phi) is 6.46. The lowest BCUT2D eigenvalue weighted by Gasteiger charge is -2.19. The van der Waals surface area contributed by atoms with Crippen molar-refractivity contribution in [1.82, 2.24) is 4.98 Å². The highest BCUT2D eigenvalue weighted by Gasteiger charge is 2.38. The molecule has 0 spiro atoms. The van der Waals surface area contributed by atoms with Crippen molar-refractivity contribution in [3.8, 4) is 5.75 Å². The number of nitrogens with one attached hydrogen (secondary N) is 2. The summed E-state index contributed by atoms with van der Waals surface area (Å²) >= 11 is 6.38. The molecule has 5 N–H and O–H groups in total. The number of nitrogen functional groups attached to an aromatic ring is 1. The average molecular weight is 571 g/mol. The van der Waals surface area contributed by atoms with Crippen LogP contribution in [0.5, 0.6) is 5.75 Å². The van der Waals surface area contributed by atoms with Crippen molar-refractivity contribution < 1.29 is 24.2 Å². The number of aryl methyl sites for hydroxylation is 1. The number of phenolic OH excluding ortho intramolecular Hbond substituents is 1. The lowest BCUT2D eigenvalue weighted by Crippen LogP contribution is -2.31. The van der Waals surface area contributed by atoms with E-state index >= 15 is 0 Å². The number of alkyl halides is 1. The van der Waals surface area contributed by atoms with Crippen LogP contribution < -0.4 is 16.0 Å². The summed E-state index contributed by atoms with van der Waals surface area (Å²) in [6, 6.07) is 13.8. The minimum atomic E-state index is -0.537. The maximum Gasteiger partial charge on any atom is 0.340 e. The zero-order valence-corrected chi connectivity index (χ0v) is 23.1. The SMILES string of the molecule is COC(=O)c1c(C)[nH]c2c(O)cc3c(c12)C(CCl)CN3C(=O)C1=Cc2cc(C(=O)Nc3ccc(N)cc3)ccc2C1. The molecule has 1 atom stereocenters. The Balaban J connectivity index is 1.32. The zero-order valence-electron chi connectivity index (χ0n) is 22.4. The van der Waals surface area contributed by atoms with E-state index in [9.17, 15) is 19.5 Å². The number of carbonyl (C=O) groups excluding carboxylic acids is 3. The molecule has 41 heavy (non-hydrogen) atoms. The van der Waals surface area contributed by atoms with Crippen LogP contribution in [0.1, 0.15) is 49.0 Å². The van der Waals surface area contributed by atoms with E-state index in [1.807, 2.05) is 6.07 Å². The quantitative estimate of drug-likeness (QED) is 0.149. The summed E-state index contributed by atoms with van der Waals surface area (Å²) in [6.07, 6.45) is 2.19. The van der Waals surface area contributed by atoms with Gasteiger partial charge in [0.15, 0.2) is 0 Å². The number of nitrogens with two attached hydrogens (primary N) is 1. The Morgan fingerprint density at radius 1 is 1.17 bits per heavy atom. The van der Waals surface area contributed by atoms with Crippen LogP contribution in [-0.2, 0) is 16.0 Å². The van der Waals surface area contributed by atoms with E-state index in [0.717, 1.165) is 16.7 Å². The number of rotatable bonds is 5. The number of nitrogens with zero attached hydrogens (tertiary/aromatic N) is 1. The number of anilines is 3. The number of esters is 1. The third-order valence-corrected chi connectivity index (χ3v) is 8.12. The molecule has 208 valence electrons. The Bertz CT molecular complexity index is 1790. The Morgan fingerprint density at radius 2 is 1.93 bits per heavy atom. The molecule has 10 heteroatoms. The second-order valence-corrected chi connectivity index (χ2v) is 10.6. The number of fused-ring (bicyclic) bond motifs is 4. The van der Waals surface area contributed by atoms with Crippen molar-refractivity contribution in [2.45, 2.75) is 19.3 Å². The number of phenols is 1. The van der Waals surface area contributed by atoms with Gasteiger partial charge in [-0.05, 0) is 66.1 Å².